The van der Waals surface area contributed by atoms with E-state index in [9.17, 15) is 5.11 Å². The van der Waals surface area contributed by atoms with Gasteiger partial charge in [0.15, 0.2) is 0 Å². The molecule has 0 unspecified atom stereocenters. The number of aromatic nitrogens is 2. The van der Waals surface area contributed by atoms with Gasteiger partial charge in [-0.2, -0.15) is 5.10 Å². The highest BCUT2D eigenvalue weighted by atomic mass is 16.3. The van der Waals surface area contributed by atoms with E-state index >= 15 is 0 Å². The molecule has 1 aromatic rings. The number of aryl methyl sites for hydroxylation is 2. The van der Waals surface area contributed by atoms with Gasteiger partial charge in [0.25, 0.3) is 0 Å². The molecule has 4 heteroatoms. The molecule has 2 atom stereocenters. The summed E-state index contributed by atoms with van der Waals surface area (Å²) in [6.07, 6.45) is -0.307. The third-order valence-electron chi connectivity index (χ3n) is 2.51. The minimum atomic E-state index is -0.307. The fourth-order valence-electron chi connectivity index (χ4n) is 1.88. The Bertz CT molecular complexity index is 308. The van der Waals surface area contributed by atoms with Gasteiger partial charge in [0.2, 0.25) is 0 Å². The summed E-state index contributed by atoms with van der Waals surface area (Å²) in [6, 6.07) is 2.14. The molecular weight excluding hydrogens is 166 g/mol. The molecule has 0 bridgehead atoms. The van der Waals surface area contributed by atoms with Crippen molar-refractivity contribution in [2.45, 2.75) is 26.0 Å². The van der Waals surface area contributed by atoms with Crippen LogP contribution in [0.1, 0.15) is 17.4 Å². The standard InChI is InChI=1S/C9H15N3O/c1-6-3-7(2)12(11-6)8-4-10-5-9(8)13/h3,8-10,13H,4-5H2,1-2H3/t8-,9-/m0/s1. The van der Waals surface area contributed by atoms with E-state index in [1.165, 1.54) is 0 Å². The molecule has 0 amide bonds. The summed E-state index contributed by atoms with van der Waals surface area (Å²) in [4.78, 5) is 0. The summed E-state index contributed by atoms with van der Waals surface area (Å²) >= 11 is 0. The molecule has 4 nitrogen and oxygen atoms in total. The normalized spacial score (nSPS) is 28.2. The lowest BCUT2D eigenvalue weighted by Gasteiger charge is -2.15. The Morgan fingerprint density at radius 2 is 2.31 bits per heavy atom. The van der Waals surface area contributed by atoms with Crippen molar-refractivity contribution in [2.75, 3.05) is 13.1 Å². The molecule has 2 heterocycles. The molecule has 0 aliphatic carbocycles. The summed E-state index contributed by atoms with van der Waals surface area (Å²) in [7, 11) is 0. The van der Waals surface area contributed by atoms with E-state index in [-0.39, 0.29) is 12.1 Å². The monoisotopic (exact) mass is 181 g/mol. The maximum atomic E-state index is 9.65. The number of hydrogen-bond acceptors (Lipinski definition) is 3. The summed E-state index contributed by atoms with van der Waals surface area (Å²) in [5.74, 6) is 0. The van der Waals surface area contributed by atoms with Gasteiger partial charge in [-0.15, -0.1) is 0 Å². The molecule has 13 heavy (non-hydrogen) atoms. The van der Waals surface area contributed by atoms with Crippen molar-refractivity contribution >= 4 is 0 Å². The van der Waals surface area contributed by atoms with Crippen LogP contribution in [0.4, 0.5) is 0 Å². The SMILES string of the molecule is Cc1cc(C)n([C@H]2CNC[C@@H]2O)n1. The second-order valence-corrected chi connectivity index (χ2v) is 3.66. The Labute approximate surface area is 77.6 Å². The maximum Gasteiger partial charge on any atom is 0.0917 e. The van der Waals surface area contributed by atoms with Crippen molar-refractivity contribution in [3.05, 3.63) is 17.5 Å². The molecule has 0 saturated carbocycles. The van der Waals surface area contributed by atoms with Crippen LogP contribution >= 0.6 is 0 Å². The first-order valence-electron chi connectivity index (χ1n) is 4.60. The lowest BCUT2D eigenvalue weighted by molar-refractivity contribution is 0.143. The number of rotatable bonds is 1. The Morgan fingerprint density at radius 1 is 1.54 bits per heavy atom. The fourth-order valence-corrected chi connectivity index (χ4v) is 1.88. The van der Waals surface area contributed by atoms with Gasteiger partial charge in [-0.05, 0) is 19.9 Å². The van der Waals surface area contributed by atoms with E-state index in [1.807, 2.05) is 24.6 Å². The Hall–Kier alpha value is -0.870. The predicted molar refractivity (Wildman–Crippen MR) is 49.6 cm³/mol. The van der Waals surface area contributed by atoms with Crippen molar-refractivity contribution < 1.29 is 5.11 Å². The van der Waals surface area contributed by atoms with Crippen LogP contribution in [-0.2, 0) is 0 Å². The number of aliphatic hydroxyl groups excluding tert-OH is 1. The summed E-state index contributed by atoms with van der Waals surface area (Å²) in [6.45, 7) is 5.47. The Balaban J connectivity index is 2.28. The van der Waals surface area contributed by atoms with Gasteiger partial charge in [0.1, 0.15) is 0 Å². The molecule has 1 aliphatic rings. The van der Waals surface area contributed by atoms with Crippen molar-refractivity contribution in [1.82, 2.24) is 15.1 Å². The summed E-state index contributed by atoms with van der Waals surface area (Å²) in [5.41, 5.74) is 2.13. The van der Waals surface area contributed by atoms with Gasteiger partial charge in [0, 0.05) is 18.8 Å². The van der Waals surface area contributed by atoms with E-state index in [0.717, 1.165) is 17.9 Å². The first-order chi connectivity index (χ1) is 6.18. The third kappa shape index (κ3) is 1.47. The molecule has 0 aromatic carbocycles. The number of β-amino-alcohol motifs (C(OH)–C–C–N with tert-alkyl or cyclic N) is 1. The van der Waals surface area contributed by atoms with Gasteiger partial charge in [0.05, 0.1) is 17.8 Å². The van der Waals surface area contributed by atoms with Gasteiger partial charge in [-0.1, -0.05) is 0 Å². The average molecular weight is 181 g/mol. The Morgan fingerprint density at radius 3 is 2.77 bits per heavy atom. The van der Waals surface area contributed by atoms with Crippen molar-refractivity contribution in [2.24, 2.45) is 0 Å². The van der Waals surface area contributed by atoms with E-state index in [4.69, 9.17) is 0 Å². The average Bonchev–Trinajstić information content (AvgIpc) is 2.58. The quantitative estimate of drug-likeness (QED) is 0.641. The van der Waals surface area contributed by atoms with Crippen LogP contribution in [0.25, 0.3) is 0 Å². The largest absolute Gasteiger partial charge is 0.390 e. The second-order valence-electron chi connectivity index (χ2n) is 3.66. The van der Waals surface area contributed by atoms with Crippen molar-refractivity contribution in [3.63, 3.8) is 0 Å². The van der Waals surface area contributed by atoms with E-state index in [1.54, 1.807) is 0 Å². The molecule has 0 radical (unpaired) electrons. The number of hydrogen-bond donors (Lipinski definition) is 2. The lowest BCUT2D eigenvalue weighted by atomic mass is 10.2. The molecule has 1 aromatic heterocycles. The maximum absolute atomic E-state index is 9.65. The van der Waals surface area contributed by atoms with Crippen molar-refractivity contribution in [3.8, 4) is 0 Å². The van der Waals surface area contributed by atoms with Crippen LogP contribution < -0.4 is 5.32 Å². The van der Waals surface area contributed by atoms with E-state index in [2.05, 4.69) is 10.4 Å². The first kappa shape index (κ1) is 8.72. The highest BCUT2D eigenvalue weighted by molar-refractivity contribution is 5.09. The summed E-state index contributed by atoms with van der Waals surface area (Å²) < 4.78 is 1.92. The minimum absolute atomic E-state index is 0.105. The van der Waals surface area contributed by atoms with Crippen LogP contribution in [0.3, 0.4) is 0 Å². The second kappa shape index (κ2) is 3.12. The zero-order valence-corrected chi connectivity index (χ0v) is 7.99. The number of nitrogens with one attached hydrogen (secondary N) is 1. The minimum Gasteiger partial charge on any atom is -0.390 e. The number of aliphatic hydroxyl groups is 1. The third-order valence-corrected chi connectivity index (χ3v) is 2.51. The summed E-state index contributed by atoms with van der Waals surface area (Å²) in [5, 5.41) is 17.2. The molecular formula is C9H15N3O. The topological polar surface area (TPSA) is 50.1 Å². The lowest BCUT2D eigenvalue weighted by Crippen LogP contribution is -2.23. The van der Waals surface area contributed by atoms with Crippen LogP contribution in [-0.4, -0.2) is 34.1 Å². The van der Waals surface area contributed by atoms with E-state index in [0.29, 0.717) is 6.54 Å². The van der Waals surface area contributed by atoms with Gasteiger partial charge in [-0.25, -0.2) is 0 Å². The molecule has 2 N–H and O–H groups in total. The van der Waals surface area contributed by atoms with Gasteiger partial charge in [-0.3, -0.25) is 4.68 Å². The molecule has 1 aliphatic heterocycles. The molecule has 72 valence electrons. The molecule has 2 rings (SSSR count). The highest BCUT2D eigenvalue weighted by Crippen LogP contribution is 2.17. The molecule has 0 spiro atoms. The van der Waals surface area contributed by atoms with Crippen LogP contribution in [0, 0.1) is 13.8 Å². The zero-order chi connectivity index (χ0) is 9.42. The molecule has 1 fully saturated rings. The van der Waals surface area contributed by atoms with Crippen molar-refractivity contribution in [1.29, 1.82) is 0 Å². The Kier molecular flexibility index (Phi) is 2.09. The predicted octanol–water partition coefficient (Wildman–Crippen LogP) is 0.00514. The van der Waals surface area contributed by atoms with Gasteiger partial charge < -0.3 is 10.4 Å². The number of nitrogens with zero attached hydrogens (tertiary/aromatic N) is 2. The van der Waals surface area contributed by atoms with Crippen LogP contribution in [0.2, 0.25) is 0 Å². The first-order valence-corrected chi connectivity index (χ1v) is 4.60. The van der Waals surface area contributed by atoms with E-state index < -0.39 is 0 Å². The van der Waals surface area contributed by atoms with Crippen LogP contribution in [0.5, 0.6) is 0 Å². The van der Waals surface area contributed by atoms with Gasteiger partial charge >= 0.3 is 0 Å². The fraction of sp³-hybridized carbons (Fsp3) is 0.667. The zero-order valence-electron chi connectivity index (χ0n) is 7.99. The van der Waals surface area contributed by atoms with Crippen LogP contribution in [0.15, 0.2) is 6.07 Å². The highest BCUT2D eigenvalue weighted by Gasteiger charge is 2.27. The molecule has 1 saturated heterocycles. The smallest absolute Gasteiger partial charge is 0.0917 e.